The summed E-state index contributed by atoms with van der Waals surface area (Å²) >= 11 is 0. The van der Waals surface area contributed by atoms with E-state index in [4.69, 9.17) is 10.9 Å². The molecule has 9 nitrogen and oxygen atoms in total. The normalized spacial score (nSPS) is 11.1. The van der Waals surface area contributed by atoms with Crippen LogP contribution in [0.2, 0.25) is 0 Å². The molecular weight excluding hydrogens is 288 g/mol. The molecule has 1 rings (SSSR count). The number of hydrogen-bond donors (Lipinski definition) is 3. The molecule has 10 heteroatoms. The van der Waals surface area contributed by atoms with Crippen LogP contribution in [0.1, 0.15) is 16.8 Å². The Morgan fingerprint density at radius 1 is 1.40 bits per heavy atom. The second kappa shape index (κ2) is 6.30. The molecule has 0 aromatic heterocycles. The van der Waals surface area contributed by atoms with E-state index in [0.717, 1.165) is 0 Å². The summed E-state index contributed by atoms with van der Waals surface area (Å²) < 4.78 is 21.4. The minimum absolute atomic E-state index is 0.0326. The minimum atomic E-state index is -3.58. The molecule has 0 bridgehead atoms. The summed E-state index contributed by atoms with van der Waals surface area (Å²) in [4.78, 5) is 21.8. The minimum Gasteiger partial charge on any atom is -0.393 e. The zero-order chi connectivity index (χ0) is 15.3. The maximum atomic E-state index is 11.8. The number of nitrogen functional groups attached to an aromatic ring is 1. The van der Waals surface area contributed by atoms with Crippen molar-refractivity contribution in [3.63, 3.8) is 0 Å². The van der Waals surface area contributed by atoms with Gasteiger partial charge in [-0.25, -0.2) is 13.6 Å². The molecule has 110 valence electrons. The van der Waals surface area contributed by atoms with Crippen molar-refractivity contribution in [1.82, 2.24) is 5.32 Å². The number of carbonyl (C=O) groups excluding carboxylic acids is 1. The van der Waals surface area contributed by atoms with E-state index in [1.54, 1.807) is 0 Å². The number of nitro groups is 1. The van der Waals surface area contributed by atoms with Crippen molar-refractivity contribution >= 4 is 27.3 Å². The van der Waals surface area contributed by atoms with Gasteiger partial charge in [0.25, 0.3) is 11.6 Å². The van der Waals surface area contributed by atoms with Gasteiger partial charge in [-0.3, -0.25) is 14.9 Å². The molecule has 20 heavy (non-hydrogen) atoms. The summed E-state index contributed by atoms with van der Waals surface area (Å²) in [6.45, 7) is 0.0669. The number of amides is 1. The van der Waals surface area contributed by atoms with Gasteiger partial charge in [0, 0.05) is 12.6 Å². The van der Waals surface area contributed by atoms with E-state index in [1.807, 2.05) is 0 Å². The van der Waals surface area contributed by atoms with E-state index in [1.165, 1.54) is 18.2 Å². The molecule has 1 aromatic carbocycles. The van der Waals surface area contributed by atoms with Crippen molar-refractivity contribution in [3.8, 4) is 0 Å². The van der Waals surface area contributed by atoms with E-state index >= 15 is 0 Å². The largest absolute Gasteiger partial charge is 0.393 e. The van der Waals surface area contributed by atoms with Crippen LogP contribution in [0.4, 0.5) is 11.4 Å². The molecule has 1 aromatic rings. The molecule has 0 unspecified atom stereocenters. The van der Waals surface area contributed by atoms with Crippen molar-refractivity contribution in [2.75, 3.05) is 18.0 Å². The van der Waals surface area contributed by atoms with Crippen LogP contribution in [0.3, 0.4) is 0 Å². The summed E-state index contributed by atoms with van der Waals surface area (Å²) in [6, 6.07) is 3.87. The second-order valence-electron chi connectivity index (χ2n) is 3.97. The van der Waals surface area contributed by atoms with E-state index in [-0.39, 0.29) is 35.7 Å². The fourth-order valence-corrected chi connectivity index (χ4v) is 2.03. The Hall–Kier alpha value is -2.20. The number of nitrogens with zero attached hydrogens (tertiary/aromatic N) is 1. The predicted molar refractivity (Wildman–Crippen MR) is 72.4 cm³/mol. The first-order valence-corrected chi connectivity index (χ1v) is 7.25. The fraction of sp³-hybridized carbons (Fsp3) is 0.300. The fourth-order valence-electron chi connectivity index (χ4n) is 1.48. The maximum absolute atomic E-state index is 11.8. The highest BCUT2D eigenvalue weighted by Crippen LogP contribution is 2.24. The quantitative estimate of drug-likeness (QED) is 0.280. The summed E-state index contributed by atoms with van der Waals surface area (Å²) in [5, 5.41) is 17.9. The van der Waals surface area contributed by atoms with E-state index in [9.17, 15) is 23.3 Å². The van der Waals surface area contributed by atoms with Gasteiger partial charge in [0.05, 0.1) is 16.2 Å². The molecule has 5 N–H and O–H groups in total. The zero-order valence-corrected chi connectivity index (χ0v) is 11.2. The van der Waals surface area contributed by atoms with Gasteiger partial charge in [0.2, 0.25) is 10.0 Å². The number of primary sulfonamides is 1. The smallest absolute Gasteiger partial charge is 0.292 e. The van der Waals surface area contributed by atoms with Crippen molar-refractivity contribution in [2.45, 2.75) is 6.42 Å². The molecule has 0 aliphatic carbocycles. The number of para-hydroxylation sites is 1. The molecule has 0 aliphatic rings. The first-order chi connectivity index (χ1) is 9.22. The van der Waals surface area contributed by atoms with Gasteiger partial charge in [-0.1, -0.05) is 6.07 Å². The number of rotatable bonds is 6. The molecular formula is C10H14N4O5S. The lowest BCUT2D eigenvalue weighted by molar-refractivity contribution is -0.383. The molecule has 0 atom stereocenters. The summed E-state index contributed by atoms with van der Waals surface area (Å²) in [7, 11) is -3.58. The maximum Gasteiger partial charge on any atom is 0.292 e. The Labute approximate surface area is 115 Å². The lowest BCUT2D eigenvalue weighted by atomic mass is 10.1. The van der Waals surface area contributed by atoms with Crippen molar-refractivity contribution in [3.05, 3.63) is 33.9 Å². The van der Waals surface area contributed by atoms with Gasteiger partial charge >= 0.3 is 0 Å². The summed E-state index contributed by atoms with van der Waals surface area (Å²) in [6.07, 6.45) is 0.138. The van der Waals surface area contributed by atoms with Crippen LogP contribution in [0, 0.1) is 10.1 Å². The van der Waals surface area contributed by atoms with Crippen LogP contribution in [0.15, 0.2) is 18.2 Å². The second-order valence-corrected chi connectivity index (χ2v) is 5.71. The molecule has 0 spiro atoms. The van der Waals surface area contributed by atoms with Gasteiger partial charge in [-0.05, 0) is 12.5 Å². The zero-order valence-electron chi connectivity index (χ0n) is 10.4. The van der Waals surface area contributed by atoms with E-state index in [0.29, 0.717) is 0 Å². The highest BCUT2D eigenvalue weighted by atomic mass is 32.2. The predicted octanol–water partition coefficient (Wildman–Crippen LogP) is -0.415. The highest BCUT2D eigenvalue weighted by Gasteiger charge is 2.18. The lowest BCUT2D eigenvalue weighted by Gasteiger charge is -2.07. The SMILES string of the molecule is Nc1c(C(=O)NCCCS(N)(=O)=O)cccc1[N+](=O)[O-]. The van der Waals surface area contributed by atoms with Gasteiger partial charge in [-0.15, -0.1) is 0 Å². The van der Waals surface area contributed by atoms with Crippen LogP contribution in [0.25, 0.3) is 0 Å². The average Bonchev–Trinajstić information content (AvgIpc) is 2.33. The van der Waals surface area contributed by atoms with Crippen molar-refractivity contribution < 1.29 is 18.1 Å². The Morgan fingerprint density at radius 3 is 2.60 bits per heavy atom. The number of anilines is 1. The average molecular weight is 302 g/mol. The van der Waals surface area contributed by atoms with E-state index in [2.05, 4.69) is 5.32 Å². The molecule has 0 saturated heterocycles. The monoisotopic (exact) mass is 302 g/mol. The number of nitro benzene ring substituents is 1. The van der Waals surface area contributed by atoms with Crippen LogP contribution in [0.5, 0.6) is 0 Å². The Kier molecular flexibility index (Phi) is 5.00. The van der Waals surface area contributed by atoms with Gasteiger partial charge < -0.3 is 11.1 Å². The van der Waals surface area contributed by atoms with E-state index < -0.39 is 20.9 Å². The number of carbonyl (C=O) groups is 1. The molecule has 0 aliphatic heterocycles. The summed E-state index contributed by atoms with van der Waals surface area (Å²) in [5.41, 5.74) is 4.91. The molecule has 1 amide bonds. The standard InChI is InChI=1S/C10H14N4O5S/c11-9-7(3-1-4-8(9)14(16)17)10(15)13-5-2-6-20(12,18)19/h1,3-4H,2,5-6,11H2,(H,13,15)(H2,12,18,19). The van der Waals surface area contributed by atoms with Gasteiger partial charge in [-0.2, -0.15) is 0 Å². The third-order valence-electron chi connectivity index (χ3n) is 2.42. The Morgan fingerprint density at radius 2 is 2.05 bits per heavy atom. The molecule has 0 heterocycles. The van der Waals surface area contributed by atoms with Crippen LogP contribution in [-0.2, 0) is 10.0 Å². The van der Waals surface area contributed by atoms with Crippen LogP contribution in [-0.4, -0.2) is 31.5 Å². The number of sulfonamides is 1. The number of nitrogens with two attached hydrogens (primary N) is 2. The van der Waals surface area contributed by atoms with Gasteiger partial charge in [0.1, 0.15) is 5.69 Å². The molecule has 0 radical (unpaired) electrons. The van der Waals surface area contributed by atoms with Crippen molar-refractivity contribution in [1.29, 1.82) is 0 Å². The first-order valence-electron chi connectivity index (χ1n) is 5.54. The number of nitrogens with one attached hydrogen (secondary N) is 1. The highest BCUT2D eigenvalue weighted by molar-refractivity contribution is 7.89. The Bertz CT molecular complexity index is 629. The third-order valence-corrected chi connectivity index (χ3v) is 3.27. The Balaban J connectivity index is 2.69. The topological polar surface area (TPSA) is 158 Å². The lowest BCUT2D eigenvalue weighted by Crippen LogP contribution is -2.28. The first kappa shape index (κ1) is 15.9. The van der Waals surface area contributed by atoms with Crippen molar-refractivity contribution in [2.24, 2.45) is 5.14 Å². The number of hydrogen-bond acceptors (Lipinski definition) is 6. The third kappa shape index (κ3) is 4.48. The van der Waals surface area contributed by atoms with Crippen LogP contribution < -0.4 is 16.2 Å². The number of benzene rings is 1. The molecule has 0 saturated carbocycles. The van der Waals surface area contributed by atoms with Gasteiger partial charge in [0.15, 0.2) is 0 Å². The van der Waals surface area contributed by atoms with Crippen LogP contribution >= 0.6 is 0 Å². The summed E-state index contributed by atoms with van der Waals surface area (Å²) in [5.74, 6) is -0.877. The molecule has 0 fully saturated rings.